The third kappa shape index (κ3) is 7.30. The van der Waals surface area contributed by atoms with Crippen molar-refractivity contribution in [3.63, 3.8) is 0 Å². The Hall–Kier alpha value is -0.120. The number of nitrogens with one attached hydrogen (secondary N) is 1. The average Bonchev–Trinajstić information content (AvgIpc) is 2.29. The van der Waals surface area contributed by atoms with E-state index >= 15 is 0 Å². The fourth-order valence-corrected chi connectivity index (χ4v) is 1.59. The summed E-state index contributed by atoms with van der Waals surface area (Å²) in [5, 5.41) is 3.35. The standard InChI is InChI=1S/C9H21N3.C2H6/c10-4-2-1-3-7-12-8-5-11-6-9-12;1-2/h11H,1-10H2;1-2H3. The van der Waals surface area contributed by atoms with Crippen molar-refractivity contribution in [2.24, 2.45) is 5.73 Å². The van der Waals surface area contributed by atoms with Gasteiger partial charge in [-0.05, 0) is 25.9 Å². The number of unbranched alkanes of at least 4 members (excludes halogenated alkanes) is 2. The summed E-state index contributed by atoms with van der Waals surface area (Å²) >= 11 is 0. The summed E-state index contributed by atoms with van der Waals surface area (Å²) in [5.41, 5.74) is 5.42. The molecule has 86 valence electrons. The highest BCUT2D eigenvalue weighted by atomic mass is 15.2. The van der Waals surface area contributed by atoms with Crippen molar-refractivity contribution in [2.75, 3.05) is 39.3 Å². The first-order chi connectivity index (χ1) is 6.93. The van der Waals surface area contributed by atoms with Gasteiger partial charge in [0.25, 0.3) is 0 Å². The quantitative estimate of drug-likeness (QED) is 0.653. The summed E-state index contributed by atoms with van der Waals surface area (Å²) < 4.78 is 0. The lowest BCUT2D eigenvalue weighted by Gasteiger charge is -2.26. The fraction of sp³-hybridized carbons (Fsp3) is 1.00. The predicted molar refractivity (Wildman–Crippen MR) is 63.6 cm³/mol. The van der Waals surface area contributed by atoms with Crippen molar-refractivity contribution in [1.82, 2.24) is 10.2 Å². The summed E-state index contributed by atoms with van der Waals surface area (Å²) in [6.45, 7) is 10.9. The normalized spacial score (nSPS) is 17.4. The molecule has 3 heteroatoms. The molecule has 1 aliphatic rings. The molecule has 0 saturated carbocycles. The highest BCUT2D eigenvalue weighted by Gasteiger charge is 2.07. The average molecular weight is 201 g/mol. The molecule has 0 atom stereocenters. The number of rotatable bonds is 5. The molecule has 1 heterocycles. The Balaban J connectivity index is 0.000000791. The molecule has 3 N–H and O–H groups in total. The van der Waals surface area contributed by atoms with Crippen molar-refractivity contribution in [3.8, 4) is 0 Å². The van der Waals surface area contributed by atoms with Crippen LogP contribution < -0.4 is 11.1 Å². The number of piperazine rings is 1. The topological polar surface area (TPSA) is 41.3 Å². The molecule has 0 amide bonds. The molecule has 0 bridgehead atoms. The van der Waals surface area contributed by atoms with Crippen molar-refractivity contribution >= 4 is 0 Å². The summed E-state index contributed by atoms with van der Waals surface area (Å²) in [7, 11) is 0. The van der Waals surface area contributed by atoms with Crippen LogP contribution in [0, 0.1) is 0 Å². The Morgan fingerprint density at radius 2 is 1.71 bits per heavy atom. The lowest BCUT2D eigenvalue weighted by molar-refractivity contribution is 0.236. The number of nitrogens with two attached hydrogens (primary N) is 1. The van der Waals surface area contributed by atoms with Gasteiger partial charge >= 0.3 is 0 Å². The maximum atomic E-state index is 5.42. The minimum atomic E-state index is 0.849. The minimum Gasteiger partial charge on any atom is -0.330 e. The van der Waals surface area contributed by atoms with E-state index < -0.39 is 0 Å². The molecular weight excluding hydrogens is 174 g/mol. The van der Waals surface area contributed by atoms with Gasteiger partial charge in [-0.3, -0.25) is 0 Å². The molecule has 0 spiro atoms. The van der Waals surface area contributed by atoms with E-state index in [1.807, 2.05) is 13.8 Å². The molecule has 3 nitrogen and oxygen atoms in total. The smallest absolute Gasteiger partial charge is 0.0107 e. The number of hydrogen-bond acceptors (Lipinski definition) is 3. The van der Waals surface area contributed by atoms with Gasteiger partial charge in [-0.15, -0.1) is 0 Å². The molecule has 1 rings (SSSR count). The Kier molecular flexibility index (Phi) is 10.9. The van der Waals surface area contributed by atoms with Gasteiger partial charge in [0.15, 0.2) is 0 Å². The lowest BCUT2D eigenvalue weighted by atomic mass is 10.2. The second-order valence-electron chi connectivity index (χ2n) is 3.44. The Bertz CT molecular complexity index is 101. The van der Waals surface area contributed by atoms with Crippen LogP contribution in [-0.2, 0) is 0 Å². The van der Waals surface area contributed by atoms with Gasteiger partial charge in [-0.25, -0.2) is 0 Å². The van der Waals surface area contributed by atoms with Crippen LogP contribution in [0.1, 0.15) is 33.1 Å². The van der Waals surface area contributed by atoms with Gasteiger partial charge in [0.2, 0.25) is 0 Å². The molecule has 0 aromatic rings. The molecule has 0 radical (unpaired) electrons. The third-order valence-corrected chi connectivity index (χ3v) is 2.39. The summed E-state index contributed by atoms with van der Waals surface area (Å²) in [5.74, 6) is 0. The van der Waals surface area contributed by atoms with Crippen LogP contribution in [0.3, 0.4) is 0 Å². The van der Waals surface area contributed by atoms with Crippen LogP contribution >= 0.6 is 0 Å². The highest BCUT2D eigenvalue weighted by Crippen LogP contribution is 1.98. The first kappa shape index (κ1) is 13.9. The van der Waals surface area contributed by atoms with Crippen molar-refractivity contribution < 1.29 is 0 Å². The highest BCUT2D eigenvalue weighted by molar-refractivity contribution is 4.66. The van der Waals surface area contributed by atoms with Crippen LogP contribution in [0.4, 0.5) is 0 Å². The zero-order chi connectivity index (χ0) is 10.6. The van der Waals surface area contributed by atoms with E-state index in [4.69, 9.17) is 5.73 Å². The first-order valence-corrected chi connectivity index (χ1v) is 6.06. The Morgan fingerprint density at radius 1 is 1.07 bits per heavy atom. The summed E-state index contributed by atoms with van der Waals surface area (Å²) in [6.07, 6.45) is 3.80. The Morgan fingerprint density at radius 3 is 2.29 bits per heavy atom. The molecule has 0 aromatic carbocycles. The monoisotopic (exact) mass is 201 g/mol. The molecule has 0 aliphatic carbocycles. The van der Waals surface area contributed by atoms with E-state index in [1.165, 1.54) is 38.9 Å². The lowest BCUT2D eigenvalue weighted by Crippen LogP contribution is -2.43. The van der Waals surface area contributed by atoms with Crippen molar-refractivity contribution in [2.45, 2.75) is 33.1 Å². The van der Waals surface area contributed by atoms with Crippen LogP contribution in [0.5, 0.6) is 0 Å². The van der Waals surface area contributed by atoms with Crippen LogP contribution in [-0.4, -0.2) is 44.2 Å². The van der Waals surface area contributed by atoms with E-state index in [9.17, 15) is 0 Å². The van der Waals surface area contributed by atoms with Gasteiger partial charge < -0.3 is 16.0 Å². The second-order valence-corrected chi connectivity index (χ2v) is 3.44. The third-order valence-electron chi connectivity index (χ3n) is 2.39. The van der Waals surface area contributed by atoms with Crippen LogP contribution in [0.2, 0.25) is 0 Å². The Labute approximate surface area is 89.0 Å². The largest absolute Gasteiger partial charge is 0.330 e. The number of hydrogen-bond donors (Lipinski definition) is 2. The van der Waals surface area contributed by atoms with Gasteiger partial charge in [0.05, 0.1) is 0 Å². The molecule has 1 aliphatic heterocycles. The van der Waals surface area contributed by atoms with Gasteiger partial charge in [-0.2, -0.15) is 0 Å². The van der Waals surface area contributed by atoms with Crippen molar-refractivity contribution in [3.05, 3.63) is 0 Å². The zero-order valence-corrected chi connectivity index (χ0v) is 9.89. The first-order valence-electron chi connectivity index (χ1n) is 6.06. The number of nitrogens with zero attached hydrogens (tertiary/aromatic N) is 1. The van der Waals surface area contributed by atoms with Crippen LogP contribution in [0.25, 0.3) is 0 Å². The molecule has 1 fully saturated rings. The predicted octanol–water partition coefficient (Wildman–Crippen LogP) is 1.05. The second kappa shape index (κ2) is 11.0. The molecule has 0 aromatic heterocycles. The van der Waals surface area contributed by atoms with E-state index in [1.54, 1.807) is 0 Å². The minimum absolute atomic E-state index is 0.849. The SMILES string of the molecule is CC.NCCCCCN1CCNCC1. The van der Waals surface area contributed by atoms with E-state index in [0.29, 0.717) is 0 Å². The van der Waals surface area contributed by atoms with E-state index in [0.717, 1.165) is 19.6 Å². The summed E-state index contributed by atoms with van der Waals surface area (Å²) in [4.78, 5) is 2.53. The van der Waals surface area contributed by atoms with Crippen LogP contribution in [0.15, 0.2) is 0 Å². The molecular formula is C11H27N3. The van der Waals surface area contributed by atoms with E-state index in [2.05, 4.69) is 10.2 Å². The molecule has 0 unspecified atom stereocenters. The summed E-state index contributed by atoms with van der Waals surface area (Å²) in [6, 6.07) is 0. The maximum Gasteiger partial charge on any atom is 0.0107 e. The maximum absolute atomic E-state index is 5.42. The van der Waals surface area contributed by atoms with E-state index in [-0.39, 0.29) is 0 Å². The van der Waals surface area contributed by atoms with Gasteiger partial charge in [0.1, 0.15) is 0 Å². The van der Waals surface area contributed by atoms with Gasteiger partial charge in [0, 0.05) is 26.2 Å². The zero-order valence-electron chi connectivity index (χ0n) is 9.89. The molecule has 1 saturated heterocycles. The van der Waals surface area contributed by atoms with Crippen molar-refractivity contribution in [1.29, 1.82) is 0 Å². The van der Waals surface area contributed by atoms with Gasteiger partial charge in [-0.1, -0.05) is 20.3 Å². The fourth-order valence-electron chi connectivity index (χ4n) is 1.59. The molecule has 14 heavy (non-hydrogen) atoms.